The van der Waals surface area contributed by atoms with Crippen molar-refractivity contribution >= 4 is 35.1 Å². The second-order valence-corrected chi connectivity index (χ2v) is 11.9. The standard InChI is InChI=1S/C34H41N3O7/c1-23(9-7-12-31(40)37-21-25-11-4-3-10-24(25)19-27(37)22-38)34(43)28-20-26(35-18-8-13-30(35)39)15-16-29(28)36(33(34)42)17-6-5-14-32(41)44-2/h3-4,7,9-11,15-16,20,23,27,38,43H,5-6,8,12-14,17-19,21-22H2,1-2H3/b9-7+/t23-,27-,34+/m0/s1. The van der Waals surface area contributed by atoms with E-state index in [1.54, 1.807) is 52.0 Å². The average Bonchev–Trinajstić information content (AvgIpc) is 3.56. The SMILES string of the molecule is COC(=O)CCCCN1C(=O)[C@@](O)([C@@H](C)/C=C/CC(=O)N2Cc3ccccc3C[C@H]2CO)c2cc(N3CCCC3=O)ccc21. The number of amides is 3. The maximum Gasteiger partial charge on any atom is 0.305 e. The predicted molar refractivity (Wildman–Crippen MR) is 165 cm³/mol. The van der Waals surface area contributed by atoms with Gasteiger partial charge in [0.05, 0.1) is 25.4 Å². The van der Waals surface area contributed by atoms with Gasteiger partial charge in [-0.05, 0) is 55.0 Å². The van der Waals surface area contributed by atoms with Crippen LogP contribution in [0.15, 0.2) is 54.6 Å². The minimum atomic E-state index is -1.91. The van der Waals surface area contributed by atoms with E-state index in [1.807, 2.05) is 24.3 Å². The molecule has 0 aromatic heterocycles. The fourth-order valence-corrected chi connectivity index (χ4v) is 6.56. The lowest BCUT2D eigenvalue weighted by Crippen LogP contribution is -2.46. The number of hydrogen-bond acceptors (Lipinski definition) is 7. The lowest BCUT2D eigenvalue weighted by Gasteiger charge is -2.36. The first kappa shape index (κ1) is 31.4. The highest BCUT2D eigenvalue weighted by molar-refractivity contribution is 6.08. The Morgan fingerprint density at radius 2 is 1.91 bits per heavy atom. The Morgan fingerprint density at radius 3 is 2.61 bits per heavy atom. The Morgan fingerprint density at radius 1 is 1.14 bits per heavy atom. The Bertz CT molecular complexity index is 1460. The third-order valence-corrected chi connectivity index (χ3v) is 9.14. The van der Waals surface area contributed by atoms with Crippen LogP contribution in [0.25, 0.3) is 0 Å². The number of fused-ring (bicyclic) bond motifs is 2. The van der Waals surface area contributed by atoms with Crippen molar-refractivity contribution in [2.24, 2.45) is 5.92 Å². The summed E-state index contributed by atoms with van der Waals surface area (Å²) in [4.78, 5) is 56.2. The Hall–Kier alpha value is -4.02. The van der Waals surface area contributed by atoms with Crippen molar-refractivity contribution in [3.05, 3.63) is 71.3 Å². The quantitative estimate of drug-likeness (QED) is 0.229. The van der Waals surface area contributed by atoms with Gasteiger partial charge in [-0.2, -0.15) is 0 Å². The molecule has 0 radical (unpaired) electrons. The Labute approximate surface area is 257 Å². The van der Waals surface area contributed by atoms with Gasteiger partial charge < -0.3 is 29.6 Å². The summed E-state index contributed by atoms with van der Waals surface area (Å²) in [5, 5.41) is 22.1. The van der Waals surface area contributed by atoms with Crippen LogP contribution in [-0.2, 0) is 42.5 Å². The molecule has 3 aliphatic rings. The number of ether oxygens (including phenoxy) is 1. The number of carbonyl (C=O) groups excluding carboxylic acids is 4. The van der Waals surface area contributed by atoms with Crippen LogP contribution < -0.4 is 9.80 Å². The number of aliphatic hydroxyl groups excluding tert-OH is 1. The van der Waals surface area contributed by atoms with Crippen LogP contribution in [-0.4, -0.2) is 71.7 Å². The van der Waals surface area contributed by atoms with Gasteiger partial charge in [-0.3, -0.25) is 19.2 Å². The van der Waals surface area contributed by atoms with Crippen molar-refractivity contribution in [2.45, 2.75) is 70.1 Å². The summed E-state index contributed by atoms with van der Waals surface area (Å²) < 4.78 is 4.72. The lowest BCUT2D eigenvalue weighted by molar-refractivity contribution is -0.140. The van der Waals surface area contributed by atoms with Crippen LogP contribution in [0.5, 0.6) is 0 Å². The third-order valence-electron chi connectivity index (χ3n) is 9.14. The number of nitrogens with zero attached hydrogens (tertiary/aromatic N) is 3. The second-order valence-electron chi connectivity index (χ2n) is 11.9. The summed E-state index contributed by atoms with van der Waals surface area (Å²) in [5.41, 5.74) is 1.91. The molecule has 234 valence electrons. The molecule has 2 N–H and O–H groups in total. The molecule has 0 unspecified atom stereocenters. The number of unbranched alkanes of at least 4 members (excludes halogenated alkanes) is 1. The molecule has 0 saturated carbocycles. The number of carbonyl (C=O) groups is 4. The van der Waals surface area contributed by atoms with Gasteiger partial charge in [-0.25, -0.2) is 0 Å². The van der Waals surface area contributed by atoms with Crippen molar-refractivity contribution < 1.29 is 34.1 Å². The average molecular weight is 604 g/mol. The molecule has 2 aromatic carbocycles. The molecule has 5 rings (SSSR count). The lowest BCUT2D eigenvalue weighted by atomic mass is 9.82. The maximum absolute atomic E-state index is 13.9. The van der Waals surface area contributed by atoms with E-state index in [9.17, 15) is 29.4 Å². The molecule has 2 aromatic rings. The molecule has 1 saturated heterocycles. The maximum atomic E-state index is 13.9. The van der Waals surface area contributed by atoms with Gasteiger partial charge in [0.1, 0.15) is 0 Å². The predicted octanol–water partition coefficient (Wildman–Crippen LogP) is 3.22. The fraction of sp³-hybridized carbons (Fsp3) is 0.471. The zero-order valence-electron chi connectivity index (χ0n) is 25.4. The molecule has 3 atom stereocenters. The highest BCUT2D eigenvalue weighted by atomic mass is 16.5. The molecule has 0 bridgehead atoms. The summed E-state index contributed by atoms with van der Waals surface area (Å²) in [5.74, 6) is -1.63. The number of benzene rings is 2. The highest BCUT2D eigenvalue weighted by Gasteiger charge is 2.52. The van der Waals surface area contributed by atoms with Gasteiger partial charge in [0.2, 0.25) is 11.8 Å². The first-order chi connectivity index (χ1) is 21.2. The number of methoxy groups -OCH3 is 1. The van der Waals surface area contributed by atoms with Crippen molar-refractivity contribution in [1.82, 2.24) is 4.90 Å². The van der Waals surface area contributed by atoms with Crippen LogP contribution in [0.4, 0.5) is 11.4 Å². The molecule has 10 nitrogen and oxygen atoms in total. The van der Waals surface area contributed by atoms with Crippen molar-refractivity contribution in [3.8, 4) is 0 Å². The van der Waals surface area contributed by atoms with E-state index in [4.69, 9.17) is 4.74 Å². The topological polar surface area (TPSA) is 128 Å². The molecule has 0 aliphatic carbocycles. The van der Waals surface area contributed by atoms with Crippen LogP contribution in [0.2, 0.25) is 0 Å². The summed E-state index contributed by atoms with van der Waals surface area (Å²) >= 11 is 0. The minimum absolute atomic E-state index is 0.00505. The van der Waals surface area contributed by atoms with E-state index in [0.29, 0.717) is 62.3 Å². The monoisotopic (exact) mass is 603 g/mol. The van der Waals surface area contributed by atoms with Crippen molar-refractivity contribution in [3.63, 3.8) is 0 Å². The number of esters is 1. The van der Waals surface area contributed by atoms with E-state index in [0.717, 1.165) is 17.5 Å². The van der Waals surface area contributed by atoms with Crippen molar-refractivity contribution in [1.29, 1.82) is 0 Å². The minimum Gasteiger partial charge on any atom is -0.469 e. The summed E-state index contributed by atoms with van der Waals surface area (Å²) in [6.45, 7) is 2.91. The molecular weight excluding hydrogens is 562 g/mol. The summed E-state index contributed by atoms with van der Waals surface area (Å²) in [6.07, 6.45) is 6.51. The highest BCUT2D eigenvalue weighted by Crippen LogP contribution is 2.47. The molecule has 1 fully saturated rings. The van der Waals surface area contributed by atoms with E-state index in [2.05, 4.69) is 0 Å². The van der Waals surface area contributed by atoms with E-state index >= 15 is 0 Å². The normalized spacial score (nSPS) is 22.0. The first-order valence-electron chi connectivity index (χ1n) is 15.4. The van der Waals surface area contributed by atoms with Crippen LogP contribution in [0, 0.1) is 5.92 Å². The van der Waals surface area contributed by atoms with Gasteiger partial charge >= 0.3 is 5.97 Å². The molecule has 3 heterocycles. The zero-order valence-corrected chi connectivity index (χ0v) is 25.4. The third kappa shape index (κ3) is 6.01. The second kappa shape index (κ2) is 13.3. The van der Waals surface area contributed by atoms with Gasteiger partial charge in [0.25, 0.3) is 5.91 Å². The molecule has 3 amide bonds. The molecular formula is C34H41N3O7. The molecule has 3 aliphatic heterocycles. The fourth-order valence-electron chi connectivity index (χ4n) is 6.56. The summed E-state index contributed by atoms with van der Waals surface area (Å²) in [6, 6.07) is 12.9. The summed E-state index contributed by atoms with van der Waals surface area (Å²) in [7, 11) is 1.34. The van der Waals surface area contributed by atoms with E-state index in [-0.39, 0.29) is 43.3 Å². The van der Waals surface area contributed by atoms with Gasteiger partial charge in [0.15, 0.2) is 5.60 Å². The zero-order chi connectivity index (χ0) is 31.4. The van der Waals surface area contributed by atoms with Crippen LogP contribution in [0.1, 0.15) is 62.1 Å². The van der Waals surface area contributed by atoms with Crippen molar-refractivity contribution in [2.75, 3.05) is 36.6 Å². The Kier molecular flexibility index (Phi) is 9.51. The van der Waals surface area contributed by atoms with Crippen LogP contribution >= 0.6 is 0 Å². The number of aliphatic hydroxyl groups is 2. The van der Waals surface area contributed by atoms with E-state index < -0.39 is 17.4 Å². The van der Waals surface area contributed by atoms with Gasteiger partial charge in [0, 0.05) is 56.1 Å². The molecule has 44 heavy (non-hydrogen) atoms. The number of rotatable bonds is 11. The first-order valence-corrected chi connectivity index (χ1v) is 15.4. The number of anilines is 2. The van der Waals surface area contributed by atoms with Gasteiger partial charge in [-0.15, -0.1) is 0 Å². The molecule has 10 heteroatoms. The smallest absolute Gasteiger partial charge is 0.305 e. The molecule has 0 spiro atoms. The van der Waals surface area contributed by atoms with E-state index in [1.165, 1.54) is 7.11 Å². The van der Waals surface area contributed by atoms with Gasteiger partial charge in [-0.1, -0.05) is 43.3 Å². The Balaban J connectivity index is 1.35. The van der Waals surface area contributed by atoms with Crippen LogP contribution in [0.3, 0.4) is 0 Å². The largest absolute Gasteiger partial charge is 0.469 e. The number of hydrogen-bond donors (Lipinski definition) is 2.